The Bertz CT molecular complexity index is 1310. The van der Waals surface area contributed by atoms with Gasteiger partial charge in [0.25, 0.3) is 15.9 Å². The molecule has 3 aromatic rings. The van der Waals surface area contributed by atoms with Crippen LogP contribution in [0.4, 0.5) is 11.4 Å². The Morgan fingerprint density at radius 1 is 0.886 bits per heavy atom. The largest absolute Gasteiger partial charge is 0.494 e. The number of sulfonamides is 1. The number of fused-ring (bicyclic) bond motifs is 1. The minimum absolute atomic E-state index is 0.0428. The fourth-order valence-corrected chi connectivity index (χ4v) is 4.51. The number of ether oxygens (including phenoxy) is 4. The minimum atomic E-state index is -3.87. The van der Waals surface area contributed by atoms with Crippen molar-refractivity contribution in [3.8, 4) is 23.0 Å². The van der Waals surface area contributed by atoms with Gasteiger partial charge in [-0.1, -0.05) is 0 Å². The Hall–Kier alpha value is -3.92. The molecule has 1 aliphatic rings. The molecule has 0 saturated carbocycles. The van der Waals surface area contributed by atoms with Gasteiger partial charge in [-0.25, -0.2) is 8.42 Å². The minimum Gasteiger partial charge on any atom is -0.494 e. The molecule has 0 bridgehead atoms. The molecular weight excluding hydrogens is 472 g/mol. The maximum atomic E-state index is 12.8. The van der Waals surface area contributed by atoms with Crippen LogP contribution in [0.25, 0.3) is 0 Å². The summed E-state index contributed by atoms with van der Waals surface area (Å²) in [6.07, 6.45) is 0. The smallest absolute Gasteiger partial charge is 0.262 e. The van der Waals surface area contributed by atoms with Crippen molar-refractivity contribution < 1.29 is 32.2 Å². The van der Waals surface area contributed by atoms with E-state index in [1.165, 1.54) is 36.4 Å². The molecule has 9 nitrogen and oxygen atoms in total. The van der Waals surface area contributed by atoms with E-state index in [1.54, 1.807) is 24.3 Å². The highest BCUT2D eigenvalue weighted by molar-refractivity contribution is 7.92. The third-order valence-electron chi connectivity index (χ3n) is 5.03. The predicted octanol–water partition coefficient (Wildman–Crippen LogP) is 4.31. The molecule has 1 amide bonds. The molecule has 0 aromatic heterocycles. The van der Waals surface area contributed by atoms with E-state index >= 15 is 0 Å². The van der Waals surface area contributed by atoms with Crippen molar-refractivity contribution in [2.75, 3.05) is 36.5 Å². The average molecular weight is 499 g/mol. The van der Waals surface area contributed by atoms with Crippen LogP contribution in [-0.4, -0.2) is 40.8 Å². The highest BCUT2D eigenvalue weighted by atomic mass is 32.2. The molecule has 0 aliphatic carbocycles. The molecule has 184 valence electrons. The van der Waals surface area contributed by atoms with E-state index in [2.05, 4.69) is 10.0 Å². The van der Waals surface area contributed by atoms with Crippen molar-refractivity contribution in [3.05, 3.63) is 66.2 Å². The van der Waals surface area contributed by atoms with Crippen LogP contribution in [-0.2, 0) is 10.0 Å². The number of carbonyl (C=O) groups excluding carboxylic acids is 1. The summed E-state index contributed by atoms with van der Waals surface area (Å²) in [5.74, 6) is 1.64. The van der Waals surface area contributed by atoms with Gasteiger partial charge < -0.3 is 24.3 Å². The standard InChI is InChI=1S/C25H26N2O7S/c1-3-31-19-9-11-22(32-4-2)21(15-19)26-25(28)17-5-7-18(8-6-17)27-35(29,30)20-10-12-23-24(16-20)34-14-13-33-23/h5-12,15-16,27H,3-4,13-14H2,1-2H3,(H,26,28). The molecule has 0 atom stereocenters. The van der Waals surface area contributed by atoms with Crippen molar-refractivity contribution in [2.24, 2.45) is 0 Å². The molecule has 0 saturated heterocycles. The first kappa shape index (κ1) is 24.2. The fourth-order valence-electron chi connectivity index (χ4n) is 3.43. The number of nitrogens with one attached hydrogen (secondary N) is 2. The lowest BCUT2D eigenvalue weighted by Gasteiger charge is -2.19. The van der Waals surface area contributed by atoms with Crippen LogP contribution in [0.2, 0.25) is 0 Å². The monoisotopic (exact) mass is 498 g/mol. The molecule has 0 fully saturated rings. The normalized spacial score (nSPS) is 12.5. The number of hydrogen-bond acceptors (Lipinski definition) is 7. The first-order valence-electron chi connectivity index (χ1n) is 11.1. The van der Waals surface area contributed by atoms with Gasteiger partial charge in [-0.3, -0.25) is 9.52 Å². The third kappa shape index (κ3) is 5.78. The molecule has 3 aromatic carbocycles. The lowest BCUT2D eigenvalue weighted by molar-refractivity contribution is 0.102. The van der Waals surface area contributed by atoms with Gasteiger partial charge in [0, 0.05) is 23.4 Å². The first-order chi connectivity index (χ1) is 16.9. The Balaban J connectivity index is 1.47. The average Bonchev–Trinajstić information content (AvgIpc) is 2.86. The summed E-state index contributed by atoms with van der Waals surface area (Å²) in [4.78, 5) is 12.9. The molecular formula is C25H26N2O7S. The number of hydrogen-bond donors (Lipinski definition) is 2. The van der Waals surface area contributed by atoms with E-state index in [9.17, 15) is 13.2 Å². The highest BCUT2D eigenvalue weighted by Crippen LogP contribution is 2.33. The van der Waals surface area contributed by atoms with Gasteiger partial charge in [0.15, 0.2) is 11.5 Å². The predicted molar refractivity (Wildman–Crippen MR) is 131 cm³/mol. The van der Waals surface area contributed by atoms with Gasteiger partial charge in [0.2, 0.25) is 0 Å². The van der Waals surface area contributed by atoms with Crippen LogP contribution in [0.3, 0.4) is 0 Å². The van der Waals surface area contributed by atoms with E-state index in [0.29, 0.717) is 66.4 Å². The first-order valence-corrected chi connectivity index (χ1v) is 12.6. The summed E-state index contributed by atoms with van der Waals surface area (Å²) in [7, 11) is -3.87. The molecule has 0 spiro atoms. The second kappa shape index (κ2) is 10.6. The zero-order valence-electron chi connectivity index (χ0n) is 19.4. The van der Waals surface area contributed by atoms with Gasteiger partial charge in [0.1, 0.15) is 24.7 Å². The molecule has 0 unspecified atom stereocenters. The van der Waals surface area contributed by atoms with Gasteiger partial charge in [-0.15, -0.1) is 0 Å². The molecule has 1 aliphatic heterocycles. The van der Waals surface area contributed by atoms with Crippen LogP contribution in [0, 0.1) is 0 Å². The quantitative estimate of drug-likeness (QED) is 0.452. The van der Waals surface area contributed by atoms with Crippen LogP contribution in [0.5, 0.6) is 23.0 Å². The summed E-state index contributed by atoms with van der Waals surface area (Å²) >= 11 is 0. The molecule has 1 heterocycles. The van der Waals surface area contributed by atoms with Gasteiger partial charge in [-0.05, 0) is 62.4 Å². The van der Waals surface area contributed by atoms with Crippen LogP contribution in [0.15, 0.2) is 65.6 Å². The van der Waals surface area contributed by atoms with Crippen LogP contribution in [0.1, 0.15) is 24.2 Å². The summed E-state index contributed by atoms with van der Waals surface area (Å²) in [5.41, 5.74) is 1.13. The van der Waals surface area contributed by atoms with E-state index < -0.39 is 10.0 Å². The lowest BCUT2D eigenvalue weighted by Crippen LogP contribution is -2.17. The van der Waals surface area contributed by atoms with Gasteiger partial charge in [-0.2, -0.15) is 0 Å². The Labute approximate surface area is 204 Å². The van der Waals surface area contributed by atoms with Crippen molar-refractivity contribution in [3.63, 3.8) is 0 Å². The molecule has 10 heteroatoms. The van der Waals surface area contributed by atoms with Crippen LogP contribution >= 0.6 is 0 Å². The fraction of sp³-hybridized carbons (Fsp3) is 0.240. The topological polar surface area (TPSA) is 112 Å². The Morgan fingerprint density at radius 2 is 1.60 bits per heavy atom. The van der Waals surface area contributed by atoms with E-state index in [-0.39, 0.29) is 10.8 Å². The zero-order valence-corrected chi connectivity index (χ0v) is 20.2. The maximum Gasteiger partial charge on any atom is 0.262 e. The Morgan fingerprint density at radius 3 is 2.31 bits per heavy atom. The number of anilines is 2. The molecule has 2 N–H and O–H groups in total. The molecule has 4 rings (SSSR count). The van der Waals surface area contributed by atoms with Crippen molar-refractivity contribution in [2.45, 2.75) is 18.7 Å². The number of amides is 1. The number of rotatable bonds is 9. The third-order valence-corrected chi connectivity index (χ3v) is 6.41. The van der Waals surface area contributed by atoms with Gasteiger partial charge in [0.05, 0.1) is 23.8 Å². The molecule has 35 heavy (non-hydrogen) atoms. The number of benzene rings is 3. The zero-order chi connectivity index (χ0) is 24.8. The summed E-state index contributed by atoms with van der Waals surface area (Å²) in [5, 5.41) is 2.82. The van der Waals surface area contributed by atoms with E-state index in [4.69, 9.17) is 18.9 Å². The SMILES string of the molecule is CCOc1ccc(OCC)c(NC(=O)c2ccc(NS(=O)(=O)c3ccc4c(c3)OCCO4)cc2)c1. The van der Waals surface area contributed by atoms with Crippen molar-refractivity contribution in [1.29, 1.82) is 0 Å². The van der Waals surface area contributed by atoms with Gasteiger partial charge >= 0.3 is 0 Å². The van der Waals surface area contributed by atoms with Crippen LogP contribution < -0.4 is 29.0 Å². The highest BCUT2D eigenvalue weighted by Gasteiger charge is 2.20. The summed E-state index contributed by atoms with van der Waals surface area (Å²) < 4.78 is 50.2. The van der Waals surface area contributed by atoms with E-state index in [0.717, 1.165) is 0 Å². The summed E-state index contributed by atoms with van der Waals surface area (Å²) in [6.45, 7) is 5.43. The molecule has 0 radical (unpaired) electrons. The van der Waals surface area contributed by atoms with Crippen molar-refractivity contribution >= 4 is 27.3 Å². The summed E-state index contributed by atoms with van der Waals surface area (Å²) in [6, 6.07) is 15.7. The second-order valence-corrected chi connectivity index (χ2v) is 9.15. The lowest BCUT2D eigenvalue weighted by atomic mass is 10.2. The Kier molecular flexibility index (Phi) is 7.31. The van der Waals surface area contributed by atoms with Crippen molar-refractivity contribution in [1.82, 2.24) is 0 Å². The maximum absolute atomic E-state index is 12.8. The second-order valence-electron chi connectivity index (χ2n) is 7.47. The van der Waals surface area contributed by atoms with E-state index in [1.807, 2.05) is 13.8 Å². The number of carbonyl (C=O) groups is 1.